The van der Waals surface area contributed by atoms with Crippen LogP contribution < -0.4 is 5.73 Å². The van der Waals surface area contributed by atoms with Gasteiger partial charge >= 0.3 is 0 Å². The Balaban J connectivity index is 2.57. The topological polar surface area (TPSA) is 26.0 Å². The molecule has 1 nitrogen and oxygen atoms in total. The van der Waals surface area contributed by atoms with Crippen LogP contribution in [0.3, 0.4) is 0 Å². The number of hydrogen-bond donors (Lipinski definition) is 1. The Morgan fingerprint density at radius 2 is 2.67 bits per heavy atom. The molecule has 0 aromatic heterocycles. The van der Waals surface area contributed by atoms with E-state index >= 15 is 0 Å². The first-order valence-corrected chi connectivity index (χ1v) is 3.30. The molecule has 0 aliphatic heterocycles. The van der Waals surface area contributed by atoms with E-state index in [-0.39, 0.29) is 0 Å². The van der Waals surface area contributed by atoms with Crippen LogP contribution in [0.15, 0.2) is 11.8 Å². The molecule has 0 amide bonds. The number of rotatable bonds is 1. The Morgan fingerprint density at radius 1 is 1.89 bits per heavy atom. The van der Waals surface area contributed by atoms with E-state index in [4.69, 9.17) is 5.73 Å². The second kappa shape index (κ2) is 2.59. The van der Waals surface area contributed by atoms with Gasteiger partial charge in [-0.1, -0.05) is 18.9 Å². The van der Waals surface area contributed by atoms with E-state index in [0.717, 1.165) is 18.5 Å². The van der Waals surface area contributed by atoms with Crippen molar-refractivity contribution in [3.8, 4) is 11.8 Å². The van der Waals surface area contributed by atoms with Gasteiger partial charge in [0.25, 0.3) is 0 Å². The molecule has 1 rings (SSSR count). The summed E-state index contributed by atoms with van der Waals surface area (Å²) >= 11 is 0. The normalized spacial score (nSPS) is 24.1. The van der Waals surface area contributed by atoms with Crippen molar-refractivity contribution in [1.82, 2.24) is 0 Å². The van der Waals surface area contributed by atoms with Crippen molar-refractivity contribution in [3.63, 3.8) is 0 Å². The fraction of sp³-hybridized carbons (Fsp3) is 0.500. The molecule has 0 aromatic carbocycles. The van der Waals surface area contributed by atoms with E-state index in [0.29, 0.717) is 5.92 Å². The van der Waals surface area contributed by atoms with E-state index in [1.165, 1.54) is 0 Å². The number of hydrogen-bond acceptors (Lipinski definition) is 1. The summed E-state index contributed by atoms with van der Waals surface area (Å²) < 4.78 is 0. The minimum Gasteiger partial charge on any atom is -0.392 e. The van der Waals surface area contributed by atoms with Gasteiger partial charge in [0.15, 0.2) is 0 Å². The molecule has 1 atom stereocenters. The summed E-state index contributed by atoms with van der Waals surface area (Å²) in [5, 5.41) is 0. The lowest BCUT2D eigenvalue weighted by atomic mass is 9.99. The van der Waals surface area contributed by atoms with Gasteiger partial charge in [0.05, 0.1) is 5.70 Å². The third-order valence-electron chi connectivity index (χ3n) is 1.54. The maximum atomic E-state index is 5.44. The molecule has 1 aliphatic carbocycles. The second-order valence-electron chi connectivity index (χ2n) is 2.27. The third-order valence-corrected chi connectivity index (χ3v) is 1.54. The lowest BCUT2D eigenvalue weighted by molar-refractivity contribution is 0.655. The highest BCUT2D eigenvalue weighted by atomic mass is 14.6. The van der Waals surface area contributed by atoms with E-state index in [1.807, 2.05) is 6.08 Å². The molecule has 1 aliphatic rings. The molecule has 0 spiro atoms. The maximum Gasteiger partial charge on any atom is 0.0787 e. The molecule has 1 unspecified atom stereocenters. The minimum atomic E-state index is 0.553. The van der Waals surface area contributed by atoms with Crippen molar-refractivity contribution in [1.29, 1.82) is 0 Å². The first kappa shape index (κ1) is 6.22. The zero-order valence-corrected chi connectivity index (χ0v) is 5.65. The average Bonchev–Trinajstić information content (AvgIpc) is 1.90. The van der Waals surface area contributed by atoms with Crippen LogP contribution >= 0.6 is 0 Å². The lowest BCUT2D eigenvalue weighted by Gasteiger charge is -2.06. The van der Waals surface area contributed by atoms with Gasteiger partial charge in [0.1, 0.15) is 0 Å². The van der Waals surface area contributed by atoms with Crippen LogP contribution in [-0.2, 0) is 0 Å². The first-order chi connectivity index (χ1) is 4.33. The molecule has 1 heteroatoms. The molecule has 0 saturated carbocycles. The Bertz CT molecular complexity index is 180. The maximum absolute atomic E-state index is 5.44. The van der Waals surface area contributed by atoms with Crippen LogP contribution in [0.25, 0.3) is 0 Å². The van der Waals surface area contributed by atoms with Crippen LogP contribution in [-0.4, -0.2) is 0 Å². The molecule has 0 radical (unpaired) electrons. The number of nitrogens with two attached hydrogens (primary N) is 1. The fourth-order valence-corrected chi connectivity index (χ4v) is 0.833. The van der Waals surface area contributed by atoms with E-state index in [9.17, 15) is 0 Å². The van der Waals surface area contributed by atoms with Gasteiger partial charge in [0, 0.05) is 5.92 Å². The standard InChI is InChI=1S/C8H11N/c1-2-7-3-5-8(9)6-4-7/h5,7H,2-3,9H2,1H3. The monoisotopic (exact) mass is 121 g/mol. The minimum absolute atomic E-state index is 0.553. The van der Waals surface area contributed by atoms with Crippen LogP contribution in [0.1, 0.15) is 19.8 Å². The van der Waals surface area contributed by atoms with Crippen molar-refractivity contribution in [2.24, 2.45) is 11.7 Å². The molecule has 48 valence electrons. The van der Waals surface area contributed by atoms with Gasteiger partial charge in [-0.3, -0.25) is 0 Å². The van der Waals surface area contributed by atoms with Gasteiger partial charge in [-0.2, -0.15) is 0 Å². The van der Waals surface area contributed by atoms with Crippen LogP contribution in [0, 0.1) is 17.8 Å². The quantitative estimate of drug-likeness (QED) is 0.519. The predicted octanol–water partition coefficient (Wildman–Crippen LogP) is 1.26. The van der Waals surface area contributed by atoms with E-state index in [1.54, 1.807) is 0 Å². The van der Waals surface area contributed by atoms with Crippen molar-refractivity contribution >= 4 is 0 Å². The molecule has 0 bridgehead atoms. The molecule has 9 heavy (non-hydrogen) atoms. The Kier molecular flexibility index (Phi) is 1.79. The van der Waals surface area contributed by atoms with Gasteiger partial charge in [0.2, 0.25) is 0 Å². The molecular weight excluding hydrogens is 110 g/mol. The Hall–Kier alpha value is -0.900. The van der Waals surface area contributed by atoms with Crippen molar-refractivity contribution in [3.05, 3.63) is 11.8 Å². The molecule has 0 saturated heterocycles. The first-order valence-electron chi connectivity index (χ1n) is 3.30. The predicted molar refractivity (Wildman–Crippen MR) is 38.4 cm³/mol. The van der Waals surface area contributed by atoms with Gasteiger partial charge in [-0.25, -0.2) is 0 Å². The molecule has 0 heterocycles. The fourth-order valence-electron chi connectivity index (χ4n) is 0.833. The van der Waals surface area contributed by atoms with Crippen molar-refractivity contribution in [2.75, 3.05) is 0 Å². The van der Waals surface area contributed by atoms with Crippen LogP contribution in [0.4, 0.5) is 0 Å². The Morgan fingerprint density at radius 3 is 3.11 bits per heavy atom. The highest BCUT2D eigenvalue weighted by molar-refractivity contribution is 5.30. The average molecular weight is 121 g/mol. The van der Waals surface area contributed by atoms with Crippen LogP contribution in [0.5, 0.6) is 0 Å². The highest BCUT2D eigenvalue weighted by Crippen LogP contribution is 2.11. The smallest absolute Gasteiger partial charge is 0.0787 e. The van der Waals surface area contributed by atoms with E-state index < -0.39 is 0 Å². The zero-order chi connectivity index (χ0) is 6.69. The Labute approximate surface area is 55.9 Å². The summed E-state index contributed by atoms with van der Waals surface area (Å²) in [4.78, 5) is 0. The van der Waals surface area contributed by atoms with Crippen molar-refractivity contribution in [2.45, 2.75) is 19.8 Å². The second-order valence-corrected chi connectivity index (χ2v) is 2.27. The largest absolute Gasteiger partial charge is 0.392 e. The summed E-state index contributed by atoms with van der Waals surface area (Å²) in [5.74, 6) is 6.50. The third kappa shape index (κ3) is 1.50. The summed E-state index contributed by atoms with van der Waals surface area (Å²) in [7, 11) is 0. The summed E-state index contributed by atoms with van der Waals surface area (Å²) in [5.41, 5.74) is 6.17. The van der Waals surface area contributed by atoms with Gasteiger partial charge in [-0.15, -0.1) is 0 Å². The summed E-state index contributed by atoms with van der Waals surface area (Å²) in [6.07, 6.45) is 4.18. The molecule has 2 N–H and O–H groups in total. The summed E-state index contributed by atoms with van der Waals surface area (Å²) in [6, 6.07) is 0. The number of allylic oxidation sites excluding steroid dienone is 2. The molecule has 0 aromatic rings. The zero-order valence-electron chi connectivity index (χ0n) is 5.65. The van der Waals surface area contributed by atoms with Crippen molar-refractivity contribution < 1.29 is 0 Å². The SMILES string of the molecule is CCC1C#CC(N)=CC1. The van der Waals surface area contributed by atoms with E-state index in [2.05, 4.69) is 18.8 Å². The van der Waals surface area contributed by atoms with Crippen LogP contribution in [0.2, 0.25) is 0 Å². The summed E-state index contributed by atoms with van der Waals surface area (Å²) in [6.45, 7) is 2.15. The molecular formula is C8H11N. The lowest BCUT2D eigenvalue weighted by Crippen LogP contribution is -2.03. The van der Waals surface area contributed by atoms with Gasteiger partial charge < -0.3 is 5.73 Å². The van der Waals surface area contributed by atoms with Gasteiger partial charge in [-0.05, 0) is 18.8 Å². The highest BCUT2D eigenvalue weighted by Gasteiger charge is 2.02. The molecule has 0 fully saturated rings.